The van der Waals surface area contributed by atoms with Gasteiger partial charge in [0.15, 0.2) is 0 Å². The summed E-state index contributed by atoms with van der Waals surface area (Å²) in [7, 11) is 0. The van der Waals surface area contributed by atoms with Crippen LogP contribution in [-0.4, -0.2) is 40.2 Å². The van der Waals surface area contributed by atoms with Gasteiger partial charge in [0.2, 0.25) is 0 Å². The second kappa shape index (κ2) is 6.47. The number of hydrogen-bond donors (Lipinski definition) is 3. The van der Waals surface area contributed by atoms with E-state index >= 15 is 0 Å². The minimum absolute atomic E-state index is 0.119. The van der Waals surface area contributed by atoms with Crippen LogP contribution in [0.5, 0.6) is 5.75 Å². The molecule has 1 aromatic carbocycles. The van der Waals surface area contributed by atoms with Crippen LogP contribution in [-0.2, 0) is 0 Å². The molecular weight excluding hydrogens is 272 g/mol. The van der Waals surface area contributed by atoms with E-state index in [1.54, 1.807) is 4.90 Å². The zero-order chi connectivity index (χ0) is 15.4. The molecule has 0 spiro atoms. The van der Waals surface area contributed by atoms with Crippen molar-refractivity contribution in [2.75, 3.05) is 18.4 Å². The van der Waals surface area contributed by atoms with E-state index in [0.717, 1.165) is 25.3 Å². The number of nitrogens with zero attached hydrogens (tertiary/aromatic N) is 1. The molecule has 1 fully saturated rings. The van der Waals surface area contributed by atoms with Crippen LogP contribution in [0.4, 0.5) is 10.5 Å². The van der Waals surface area contributed by atoms with Crippen LogP contribution in [0.3, 0.4) is 0 Å². The Hall–Kier alpha value is -2.24. The number of carbonyl (C=O) groups is 2. The van der Waals surface area contributed by atoms with Gasteiger partial charge in [-0.05, 0) is 43.4 Å². The summed E-state index contributed by atoms with van der Waals surface area (Å²) in [6.45, 7) is 3.35. The van der Waals surface area contributed by atoms with E-state index < -0.39 is 5.97 Å². The summed E-state index contributed by atoms with van der Waals surface area (Å²) < 4.78 is 0. The quantitative estimate of drug-likeness (QED) is 0.703. The lowest BCUT2D eigenvalue weighted by Crippen LogP contribution is -2.37. The van der Waals surface area contributed by atoms with E-state index in [9.17, 15) is 14.7 Å². The lowest BCUT2D eigenvalue weighted by molar-refractivity contribution is 0.0697. The fraction of sp³-hybridized carbons (Fsp3) is 0.467. The molecule has 0 saturated heterocycles. The van der Waals surface area contributed by atoms with Crippen LogP contribution in [0.2, 0.25) is 0 Å². The molecule has 0 atom stereocenters. The van der Waals surface area contributed by atoms with Gasteiger partial charge in [-0.1, -0.05) is 6.92 Å². The molecule has 0 aromatic heterocycles. The molecule has 0 radical (unpaired) electrons. The van der Waals surface area contributed by atoms with Crippen molar-refractivity contribution in [1.82, 2.24) is 4.90 Å². The average Bonchev–Trinajstić information content (AvgIpc) is 3.24. The largest absolute Gasteiger partial charge is 0.508 e. The zero-order valence-corrected chi connectivity index (χ0v) is 12.0. The molecule has 1 aliphatic rings. The number of phenolic OH excluding ortho intramolecular Hbond substituents is 1. The van der Waals surface area contributed by atoms with Crippen molar-refractivity contribution in [2.24, 2.45) is 5.92 Å². The summed E-state index contributed by atoms with van der Waals surface area (Å²) in [5.74, 6) is -0.764. The zero-order valence-electron chi connectivity index (χ0n) is 12.0. The van der Waals surface area contributed by atoms with E-state index in [1.165, 1.54) is 12.1 Å². The first kappa shape index (κ1) is 15.2. The van der Waals surface area contributed by atoms with Gasteiger partial charge in [-0.3, -0.25) is 0 Å². The van der Waals surface area contributed by atoms with Gasteiger partial charge in [0.1, 0.15) is 5.75 Å². The fourth-order valence-electron chi connectivity index (χ4n) is 2.17. The molecule has 6 heteroatoms. The summed E-state index contributed by atoms with van der Waals surface area (Å²) >= 11 is 0. The van der Waals surface area contributed by atoms with Crippen molar-refractivity contribution in [3.05, 3.63) is 23.8 Å². The highest BCUT2D eigenvalue weighted by atomic mass is 16.4. The van der Waals surface area contributed by atoms with Crippen molar-refractivity contribution in [1.29, 1.82) is 0 Å². The van der Waals surface area contributed by atoms with Crippen LogP contribution < -0.4 is 5.32 Å². The van der Waals surface area contributed by atoms with Crippen molar-refractivity contribution in [3.63, 3.8) is 0 Å². The predicted octanol–water partition coefficient (Wildman–Crippen LogP) is 2.74. The summed E-state index contributed by atoms with van der Waals surface area (Å²) in [6, 6.07) is 3.59. The van der Waals surface area contributed by atoms with Crippen molar-refractivity contribution in [3.8, 4) is 5.75 Å². The fourth-order valence-corrected chi connectivity index (χ4v) is 2.17. The molecule has 2 rings (SSSR count). The summed E-state index contributed by atoms with van der Waals surface area (Å²) in [5.41, 5.74) is 0.0772. The SMILES string of the molecule is CCCN(CC1CC1)C(=O)Nc1ccc(O)cc1C(=O)O. The second-order valence-corrected chi connectivity index (χ2v) is 5.35. The Morgan fingerprint density at radius 1 is 1.38 bits per heavy atom. The van der Waals surface area contributed by atoms with Crippen molar-refractivity contribution >= 4 is 17.7 Å². The van der Waals surface area contributed by atoms with Crippen molar-refractivity contribution < 1.29 is 19.8 Å². The van der Waals surface area contributed by atoms with E-state index in [4.69, 9.17) is 5.11 Å². The van der Waals surface area contributed by atoms with Crippen LogP contribution in [0.1, 0.15) is 36.5 Å². The van der Waals surface area contributed by atoms with Gasteiger partial charge in [0.05, 0.1) is 11.3 Å². The maximum atomic E-state index is 12.3. The highest BCUT2D eigenvalue weighted by Gasteiger charge is 2.27. The Labute approximate surface area is 123 Å². The first-order chi connectivity index (χ1) is 10.0. The second-order valence-electron chi connectivity index (χ2n) is 5.35. The lowest BCUT2D eigenvalue weighted by Gasteiger charge is -2.23. The van der Waals surface area contributed by atoms with Gasteiger partial charge in [-0.15, -0.1) is 0 Å². The Bertz CT molecular complexity index is 540. The molecule has 0 unspecified atom stereocenters. The maximum absolute atomic E-state index is 12.3. The molecule has 114 valence electrons. The molecule has 21 heavy (non-hydrogen) atoms. The molecule has 0 bridgehead atoms. The molecule has 0 heterocycles. The van der Waals surface area contributed by atoms with Crippen LogP contribution in [0.25, 0.3) is 0 Å². The van der Waals surface area contributed by atoms with Gasteiger partial charge in [0.25, 0.3) is 0 Å². The molecule has 6 nitrogen and oxygen atoms in total. The summed E-state index contributed by atoms with van der Waals surface area (Å²) in [5, 5.41) is 21.1. The third-order valence-corrected chi connectivity index (χ3v) is 3.43. The predicted molar refractivity (Wildman–Crippen MR) is 78.7 cm³/mol. The Morgan fingerprint density at radius 2 is 2.10 bits per heavy atom. The number of benzene rings is 1. The first-order valence-corrected chi connectivity index (χ1v) is 7.13. The molecule has 0 aliphatic heterocycles. The Morgan fingerprint density at radius 3 is 2.67 bits per heavy atom. The minimum atomic E-state index is -1.19. The van der Waals surface area contributed by atoms with Gasteiger partial charge in [0, 0.05) is 13.1 Å². The van der Waals surface area contributed by atoms with Gasteiger partial charge >= 0.3 is 12.0 Å². The number of carboxylic acid groups (broad SMARTS) is 1. The number of urea groups is 1. The van der Waals surface area contributed by atoms with Gasteiger partial charge < -0.3 is 20.4 Å². The number of rotatable bonds is 6. The lowest BCUT2D eigenvalue weighted by atomic mass is 10.1. The topological polar surface area (TPSA) is 89.9 Å². The third kappa shape index (κ3) is 4.11. The number of phenols is 1. The molecule has 2 amide bonds. The third-order valence-electron chi connectivity index (χ3n) is 3.43. The van der Waals surface area contributed by atoms with Crippen LogP contribution in [0, 0.1) is 5.92 Å². The molecule has 1 saturated carbocycles. The number of nitrogens with one attached hydrogen (secondary N) is 1. The molecule has 1 aromatic rings. The van der Waals surface area contributed by atoms with E-state index in [0.29, 0.717) is 19.0 Å². The first-order valence-electron chi connectivity index (χ1n) is 7.13. The molecule has 3 N–H and O–H groups in total. The number of carbonyl (C=O) groups excluding carboxylic acids is 1. The smallest absolute Gasteiger partial charge is 0.337 e. The summed E-state index contributed by atoms with van der Waals surface area (Å²) in [4.78, 5) is 25.2. The average molecular weight is 292 g/mol. The summed E-state index contributed by atoms with van der Waals surface area (Å²) in [6.07, 6.45) is 3.14. The minimum Gasteiger partial charge on any atom is -0.508 e. The maximum Gasteiger partial charge on any atom is 0.337 e. The highest BCUT2D eigenvalue weighted by Crippen LogP contribution is 2.30. The van der Waals surface area contributed by atoms with Gasteiger partial charge in [-0.2, -0.15) is 0 Å². The normalized spacial score (nSPS) is 13.8. The number of aromatic hydroxyl groups is 1. The molecule has 1 aliphatic carbocycles. The van der Waals surface area contributed by atoms with E-state index in [1.807, 2.05) is 6.92 Å². The van der Waals surface area contributed by atoms with E-state index in [2.05, 4.69) is 5.32 Å². The van der Waals surface area contributed by atoms with Gasteiger partial charge in [-0.25, -0.2) is 9.59 Å². The number of hydrogen-bond acceptors (Lipinski definition) is 3. The number of anilines is 1. The van der Waals surface area contributed by atoms with E-state index in [-0.39, 0.29) is 23.0 Å². The Balaban J connectivity index is 2.11. The van der Waals surface area contributed by atoms with Crippen molar-refractivity contribution in [2.45, 2.75) is 26.2 Å². The number of aromatic carboxylic acids is 1. The monoisotopic (exact) mass is 292 g/mol. The standard InChI is InChI=1S/C15H20N2O4/c1-2-7-17(9-10-3-4-10)15(21)16-13-6-5-11(18)8-12(13)14(19)20/h5-6,8,10,18H,2-4,7,9H2,1H3,(H,16,21)(H,19,20). The highest BCUT2D eigenvalue weighted by molar-refractivity contribution is 6.00. The van der Waals surface area contributed by atoms with Crippen LogP contribution >= 0.6 is 0 Å². The Kier molecular flexibility index (Phi) is 4.67. The number of carboxylic acids is 1. The number of amides is 2. The molecular formula is C15H20N2O4. The van der Waals surface area contributed by atoms with Crippen LogP contribution in [0.15, 0.2) is 18.2 Å².